The smallest absolute Gasteiger partial charge is 0.335 e. The van der Waals surface area contributed by atoms with Gasteiger partial charge in [-0.25, -0.2) is 9.07 Å². The summed E-state index contributed by atoms with van der Waals surface area (Å²) < 4.78 is 50.5. The number of anilines is 1. The van der Waals surface area contributed by atoms with Gasteiger partial charge in [-0.3, -0.25) is 4.79 Å². The third-order valence-corrected chi connectivity index (χ3v) is 3.55. The molecule has 0 aliphatic rings. The first kappa shape index (κ1) is 17.1. The van der Waals surface area contributed by atoms with Gasteiger partial charge in [-0.2, -0.15) is 13.2 Å². The Bertz CT molecular complexity index is 686. The van der Waals surface area contributed by atoms with Gasteiger partial charge in [0.2, 0.25) is 11.1 Å². The molecule has 0 atom stereocenters. The molecule has 1 aromatic heterocycles. The Balaban J connectivity index is 1.84. The molecule has 1 aromatic carbocycles. The fourth-order valence-electron chi connectivity index (χ4n) is 1.56. The van der Waals surface area contributed by atoms with Crippen LogP contribution in [0.25, 0.3) is 0 Å². The number of aromatic nitrogens is 3. The Labute approximate surface area is 132 Å². The predicted octanol–water partition coefficient (Wildman–Crippen LogP) is 2.27. The van der Waals surface area contributed by atoms with Crippen LogP contribution in [0.4, 0.5) is 23.2 Å². The zero-order valence-electron chi connectivity index (χ0n) is 11.5. The third-order valence-electron chi connectivity index (χ3n) is 2.61. The monoisotopic (exact) mass is 349 g/mol. The second kappa shape index (κ2) is 6.86. The molecule has 1 amide bonds. The van der Waals surface area contributed by atoms with Crippen LogP contribution in [0.1, 0.15) is 12.2 Å². The molecule has 0 unspecified atom stereocenters. The van der Waals surface area contributed by atoms with Crippen molar-refractivity contribution >= 4 is 23.4 Å². The van der Waals surface area contributed by atoms with E-state index in [1.807, 2.05) is 0 Å². The lowest BCUT2D eigenvalue weighted by Gasteiger charge is -2.06. The maximum Gasteiger partial charge on any atom is 0.453 e. The van der Waals surface area contributed by atoms with E-state index in [1.165, 1.54) is 24.3 Å². The second-order valence-electron chi connectivity index (χ2n) is 4.33. The number of hydrogen-bond acceptors (Lipinski definition) is 5. The number of alkyl halides is 3. The molecule has 11 heteroatoms. The summed E-state index contributed by atoms with van der Waals surface area (Å²) in [5, 5.41) is 8.68. The minimum absolute atomic E-state index is 0.0102. The van der Waals surface area contributed by atoms with E-state index in [9.17, 15) is 22.4 Å². The van der Waals surface area contributed by atoms with E-state index >= 15 is 0 Å². The van der Waals surface area contributed by atoms with E-state index in [-0.39, 0.29) is 23.2 Å². The number of carbonyl (C=O) groups is 1. The molecular weight excluding hydrogens is 338 g/mol. The molecule has 23 heavy (non-hydrogen) atoms. The van der Waals surface area contributed by atoms with Gasteiger partial charge < -0.3 is 11.2 Å². The summed E-state index contributed by atoms with van der Waals surface area (Å²) in [4.78, 5) is 11.7. The molecule has 0 aliphatic heterocycles. The minimum Gasteiger partial charge on any atom is -0.335 e. The first-order valence-corrected chi connectivity index (χ1v) is 7.22. The van der Waals surface area contributed by atoms with Crippen LogP contribution < -0.4 is 11.2 Å². The lowest BCUT2D eigenvalue weighted by molar-refractivity contribution is -0.146. The van der Waals surface area contributed by atoms with Crippen molar-refractivity contribution < 1.29 is 22.4 Å². The van der Waals surface area contributed by atoms with Crippen molar-refractivity contribution in [3.8, 4) is 0 Å². The summed E-state index contributed by atoms with van der Waals surface area (Å²) in [6.45, 7) is 0. The molecule has 2 rings (SSSR count). The Kier molecular flexibility index (Phi) is 5.08. The van der Waals surface area contributed by atoms with Crippen molar-refractivity contribution in [3.05, 3.63) is 35.9 Å². The van der Waals surface area contributed by atoms with E-state index in [1.54, 1.807) is 0 Å². The van der Waals surface area contributed by atoms with Crippen LogP contribution in [0.3, 0.4) is 0 Å². The lowest BCUT2D eigenvalue weighted by atomic mass is 10.3. The molecule has 6 nitrogen and oxygen atoms in total. The Morgan fingerprint density at radius 1 is 1.26 bits per heavy atom. The highest BCUT2D eigenvalue weighted by atomic mass is 32.2. The Morgan fingerprint density at radius 3 is 2.48 bits per heavy atom. The average molecular weight is 349 g/mol. The number of halogens is 4. The van der Waals surface area contributed by atoms with Crippen LogP contribution in [-0.4, -0.2) is 26.5 Å². The fourth-order valence-corrected chi connectivity index (χ4v) is 2.35. The number of hydrogen-bond donors (Lipinski definition) is 2. The molecule has 0 bridgehead atoms. The summed E-state index contributed by atoms with van der Waals surface area (Å²) >= 11 is 0.869. The molecule has 0 saturated heterocycles. The number of rotatable bonds is 5. The second-order valence-corrected chi connectivity index (χ2v) is 5.39. The normalized spacial score (nSPS) is 11.5. The topological polar surface area (TPSA) is 85.8 Å². The highest BCUT2D eigenvalue weighted by Crippen LogP contribution is 2.28. The molecule has 0 spiro atoms. The molecule has 124 valence electrons. The number of benzene rings is 1. The van der Waals surface area contributed by atoms with E-state index in [0.29, 0.717) is 10.4 Å². The van der Waals surface area contributed by atoms with Crippen molar-refractivity contribution in [2.24, 2.45) is 0 Å². The average Bonchev–Trinajstić information content (AvgIpc) is 2.83. The van der Waals surface area contributed by atoms with Crippen LogP contribution >= 0.6 is 11.8 Å². The van der Waals surface area contributed by atoms with Crippen LogP contribution in [0.15, 0.2) is 29.4 Å². The van der Waals surface area contributed by atoms with E-state index in [0.717, 1.165) is 11.8 Å². The molecule has 1 heterocycles. The molecule has 2 aromatic rings. The summed E-state index contributed by atoms with van der Waals surface area (Å²) in [6, 6.07) is 5.18. The Morgan fingerprint density at radius 2 is 1.91 bits per heavy atom. The zero-order chi connectivity index (χ0) is 17.0. The summed E-state index contributed by atoms with van der Waals surface area (Å²) in [6.07, 6.45) is -4.68. The van der Waals surface area contributed by atoms with Crippen LogP contribution in [0.2, 0.25) is 0 Å². The number of thioether (sulfide) groups is 1. The molecule has 3 N–H and O–H groups in total. The zero-order valence-corrected chi connectivity index (χ0v) is 12.3. The Hall–Kier alpha value is -2.30. The third kappa shape index (κ3) is 4.58. The van der Waals surface area contributed by atoms with Gasteiger partial charge in [-0.15, -0.1) is 10.2 Å². The van der Waals surface area contributed by atoms with E-state index in [4.69, 9.17) is 5.84 Å². The quantitative estimate of drug-likeness (QED) is 0.491. The fraction of sp³-hybridized carbons (Fsp3) is 0.250. The van der Waals surface area contributed by atoms with E-state index in [2.05, 4.69) is 15.5 Å². The first-order chi connectivity index (χ1) is 10.8. The van der Waals surface area contributed by atoms with Crippen molar-refractivity contribution in [1.82, 2.24) is 14.9 Å². The van der Waals surface area contributed by atoms with Gasteiger partial charge in [0.15, 0.2) is 0 Å². The van der Waals surface area contributed by atoms with Gasteiger partial charge in [0.05, 0.1) is 0 Å². The van der Waals surface area contributed by atoms with Crippen molar-refractivity contribution in [2.45, 2.75) is 17.8 Å². The van der Waals surface area contributed by atoms with Crippen LogP contribution in [0.5, 0.6) is 0 Å². The number of amides is 1. The standard InChI is InChI=1S/C12H11F4N5OS/c13-7-1-3-8(4-2-7)18-9(22)5-6-23-11-20-19-10(21(11)17)12(14,15)16/h1-4H,5-6,17H2,(H,18,22). The van der Waals surface area contributed by atoms with Crippen molar-refractivity contribution in [3.63, 3.8) is 0 Å². The van der Waals surface area contributed by atoms with Crippen LogP contribution in [-0.2, 0) is 11.0 Å². The molecule has 0 radical (unpaired) electrons. The maximum atomic E-state index is 12.7. The summed E-state index contributed by atoms with van der Waals surface area (Å²) in [5.74, 6) is 3.30. The van der Waals surface area contributed by atoms with Gasteiger partial charge in [0.25, 0.3) is 5.82 Å². The number of nitrogens with zero attached hydrogens (tertiary/aromatic N) is 3. The SMILES string of the molecule is Nn1c(SCCC(=O)Nc2ccc(F)cc2)nnc1C(F)(F)F. The predicted molar refractivity (Wildman–Crippen MR) is 75.5 cm³/mol. The maximum absolute atomic E-state index is 12.7. The van der Waals surface area contributed by atoms with Gasteiger partial charge in [0, 0.05) is 17.9 Å². The minimum atomic E-state index is -4.69. The van der Waals surface area contributed by atoms with Gasteiger partial charge in [-0.05, 0) is 24.3 Å². The highest BCUT2D eigenvalue weighted by molar-refractivity contribution is 7.99. The number of nitrogens with two attached hydrogens (primary N) is 1. The number of nitrogens with one attached hydrogen (secondary N) is 1. The van der Waals surface area contributed by atoms with Gasteiger partial charge in [-0.1, -0.05) is 11.8 Å². The van der Waals surface area contributed by atoms with Crippen molar-refractivity contribution in [2.75, 3.05) is 16.9 Å². The summed E-state index contributed by atoms with van der Waals surface area (Å²) in [5.41, 5.74) is 0.419. The van der Waals surface area contributed by atoms with Gasteiger partial charge >= 0.3 is 6.18 Å². The van der Waals surface area contributed by atoms with Crippen molar-refractivity contribution in [1.29, 1.82) is 0 Å². The number of nitrogen functional groups attached to an aromatic ring is 1. The van der Waals surface area contributed by atoms with Gasteiger partial charge in [0.1, 0.15) is 5.82 Å². The molecule has 0 aliphatic carbocycles. The van der Waals surface area contributed by atoms with E-state index < -0.39 is 17.8 Å². The molecule has 0 fully saturated rings. The first-order valence-electron chi connectivity index (χ1n) is 6.23. The largest absolute Gasteiger partial charge is 0.453 e. The highest BCUT2D eigenvalue weighted by Gasteiger charge is 2.38. The molecule has 0 saturated carbocycles. The van der Waals surface area contributed by atoms with Crippen LogP contribution in [0, 0.1) is 5.82 Å². The molecular formula is C12H11F4N5OS. The number of carbonyl (C=O) groups excluding carboxylic acids is 1. The summed E-state index contributed by atoms with van der Waals surface area (Å²) in [7, 11) is 0. The lowest BCUT2D eigenvalue weighted by Crippen LogP contribution is -2.21.